The fraction of sp³-hybridized carbons (Fsp3) is 0.524. The molecule has 1 fully saturated rings. The van der Waals surface area contributed by atoms with E-state index in [1.54, 1.807) is 0 Å². The van der Waals surface area contributed by atoms with Crippen LogP contribution in [0.15, 0.2) is 34.9 Å². The maximum absolute atomic E-state index is 12.7. The number of halogens is 1. The lowest BCUT2D eigenvalue weighted by molar-refractivity contribution is 0.0160. The van der Waals surface area contributed by atoms with E-state index in [0.29, 0.717) is 6.54 Å². The molecule has 1 aliphatic rings. The number of nitrogens with zero attached hydrogens (tertiary/aromatic N) is 2. The van der Waals surface area contributed by atoms with E-state index in [9.17, 15) is 4.79 Å². The predicted octanol–water partition coefficient (Wildman–Crippen LogP) is 5.73. The van der Waals surface area contributed by atoms with Gasteiger partial charge in [0.25, 0.3) is 0 Å². The quantitative estimate of drug-likeness (QED) is 0.669. The Bertz CT molecular complexity index is 779. The van der Waals surface area contributed by atoms with E-state index in [4.69, 9.17) is 4.74 Å². The van der Waals surface area contributed by atoms with E-state index in [0.717, 1.165) is 40.8 Å². The van der Waals surface area contributed by atoms with Crippen LogP contribution < -0.4 is 0 Å². The molecule has 3 rings (SSSR count). The molecule has 1 amide bonds. The minimum absolute atomic E-state index is 0.119. The van der Waals surface area contributed by atoms with Gasteiger partial charge in [-0.1, -0.05) is 34.5 Å². The Morgan fingerprint density at radius 2 is 2.00 bits per heavy atom. The van der Waals surface area contributed by atoms with Gasteiger partial charge in [-0.2, -0.15) is 0 Å². The fourth-order valence-electron chi connectivity index (χ4n) is 3.75. The second-order valence-corrected chi connectivity index (χ2v) is 8.98. The minimum Gasteiger partial charge on any atom is -0.444 e. The van der Waals surface area contributed by atoms with Gasteiger partial charge in [-0.05, 0) is 58.2 Å². The lowest BCUT2D eigenvalue weighted by Gasteiger charge is -2.33. The number of rotatable bonds is 4. The molecule has 2 aromatic rings. The molecule has 0 aliphatic heterocycles. The van der Waals surface area contributed by atoms with Gasteiger partial charge in [0.15, 0.2) is 0 Å². The van der Waals surface area contributed by atoms with Crippen LogP contribution in [0.2, 0.25) is 0 Å². The molecule has 5 nitrogen and oxygen atoms in total. The Balaban J connectivity index is 1.79. The summed E-state index contributed by atoms with van der Waals surface area (Å²) >= 11 is 3.47. The third-order valence-electron chi connectivity index (χ3n) is 4.95. The number of hydrogen-bond donors (Lipinski definition) is 1. The van der Waals surface area contributed by atoms with E-state index >= 15 is 0 Å². The van der Waals surface area contributed by atoms with Crippen LogP contribution in [-0.4, -0.2) is 39.1 Å². The summed E-state index contributed by atoms with van der Waals surface area (Å²) in [4.78, 5) is 22.7. The zero-order chi connectivity index (χ0) is 19.6. The van der Waals surface area contributed by atoms with Crippen molar-refractivity contribution in [2.45, 2.75) is 64.5 Å². The highest BCUT2D eigenvalue weighted by Crippen LogP contribution is 2.37. The summed E-state index contributed by atoms with van der Waals surface area (Å²) in [6.45, 7) is 8.36. The number of carbonyl (C=O) groups excluding carboxylic acids is 1. The van der Waals surface area contributed by atoms with Crippen LogP contribution in [0.4, 0.5) is 4.79 Å². The Kier molecular flexibility index (Phi) is 5.94. The van der Waals surface area contributed by atoms with Gasteiger partial charge in [0, 0.05) is 23.0 Å². The van der Waals surface area contributed by atoms with Crippen molar-refractivity contribution in [1.29, 1.82) is 0 Å². The first-order chi connectivity index (χ1) is 12.8. The lowest BCUT2D eigenvalue weighted by Crippen LogP contribution is -2.44. The number of hydrogen-bond acceptors (Lipinski definition) is 3. The van der Waals surface area contributed by atoms with Crippen molar-refractivity contribution in [3.05, 3.63) is 40.8 Å². The summed E-state index contributed by atoms with van der Waals surface area (Å²) < 4.78 is 6.68. The van der Waals surface area contributed by atoms with Crippen molar-refractivity contribution in [2.75, 3.05) is 6.54 Å². The first-order valence-electron chi connectivity index (χ1n) is 9.59. The van der Waals surface area contributed by atoms with Gasteiger partial charge in [0.1, 0.15) is 11.4 Å². The molecule has 0 spiro atoms. The van der Waals surface area contributed by atoms with Gasteiger partial charge in [-0.3, -0.25) is 0 Å². The van der Waals surface area contributed by atoms with Crippen molar-refractivity contribution < 1.29 is 9.53 Å². The first-order valence-corrected chi connectivity index (χ1v) is 10.4. The molecular formula is C21H28BrN3O2. The summed E-state index contributed by atoms with van der Waals surface area (Å²) in [5, 5.41) is 0. The van der Waals surface area contributed by atoms with Crippen LogP contribution in [0.5, 0.6) is 0 Å². The third-order valence-corrected chi connectivity index (χ3v) is 5.48. The molecule has 6 heteroatoms. The second-order valence-electron chi connectivity index (χ2n) is 8.06. The topological polar surface area (TPSA) is 58.2 Å². The highest BCUT2D eigenvalue weighted by atomic mass is 79.9. The van der Waals surface area contributed by atoms with E-state index in [1.807, 2.05) is 50.9 Å². The Morgan fingerprint density at radius 1 is 1.30 bits per heavy atom. The lowest BCUT2D eigenvalue weighted by atomic mass is 10.0. The summed E-state index contributed by atoms with van der Waals surface area (Å²) in [7, 11) is 0. The molecule has 1 heterocycles. The molecule has 1 aromatic heterocycles. The van der Waals surface area contributed by atoms with E-state index in [-0.39, 0.29) is 18.1 Å². The van der Waals surface area contributed by atoms with Gasteiger partial charge >= 0.3 is 6.09 Å². The SMILES string of the molecule is CCN(C(=O)OC(C)(C)C)[C@H]1CCC[C@@H]1c1ncc(-c2ccc(Br)cc2)[nH]1. The zero-order valence-electron chi connectivity index (χ0n) is 16.5. The number of amides is 1. The normalized spacial score (nSPS) is 19.9. The van der Waals surface area contributed by atoms with Crippen molar-refractivity contribution in [3.8, 4) is 11.3 Å². The monoisotopic (exact) mass is 433 g/mol. The molecular weight excluding hydrogens is 406 g/mol. The van der Waals surface area contributed by atoms with Crippen LogP contribution in [0, 0.1) is 0 Å². The van der Waals surface area contributed by atoms with E-state index < -0.39 is 5.60 Å². The van der Waals surface area contributed by atoms with Crippen LogP contribution in [0.1, 0.15) is 58.7 Å². The minimum atomic E-state index is -0.488. The summed E-state index contributed by atoms with van der Waals surface area (Å²) in [6, 6.07) is 8.29. The largest absolute Gasteiger partial charge is 0.444 e. The number of carbonyl (C=O) groups is 1. The molecule has 0 unspecified atom stereocenters. The first kappa shape index (κ1) is 19.9. The summed E-state index contributed by atoms with van der Waals surface area (Å²) in [5.41, 5.74) is 1.62. The van der Waals surface area contributed by atoms with Crippen molar-refractivity contribution in [1.82, 2.24) is 14.9 Å². The molecule has 1 aromatic carbocycles. The number of benzene rings is 1. The molecule has 27 heavy (non-hydrogen) atoms. The van der Waals surface area contributed by atoms with Gasteiger partial charge in [0.05, 0.1) is 11.9 Å². The van der Waals surface area contributed by atoms with E-state index in [1.165, 1.54) is 0 Å². The Morgan fingerprint density at radius 3 is 2.63 bits per heavy atom. The van der Waals surface area contributed by atoms with Gasteiger partial charge < -0.3 is 14.6 Å². The molecule has 1 aliphatic carbocycles. The number of imidazole rings is 1. The number of ether oxygens (including phenoxy) is 1. The average Bonchev–Trinajstić information content (AvgIpc) is 3.23. The average molecular weight is 434 g/mol. The van der Waals surface area contributed by atoms with Crippen LogP contribution in [-0.2, 0) is 4.74 Å². The Labute approximate surface area is 169 Å². The zero-order valence-corrected chi connectivity index (χ0v) is 18.0. The molecule has 0 saturated heterocycles. The maximum Gasteiger partial charge on any atom is 0.410 e. The fourth-order valence-corrected chi connectivity index (χ4v) is 4.02. The molecule has 1 saturated carbocycles. The van der Waals surface area contributed by atoms with E-state index in [2.05, 4.69) is 38.0 Å². The van der Waals surface area contributed by atoms with Gasteiger partial charge in [-0.25, -0.2) is 9.78 Å². The van der Waals surface area contributed by atoms with Crippen molar-refractivity contribution in [3.63, 3.8) is 0 Å². The number of H-pyrrole nitrogens is 1. The smallest absolute Gasteiger partial charge is 0.410 e. The molecule has 0 radical (unpaired) electrons. The molecule has 2 atom stereocenters. The third kappa shape index (κ3) is 4.72. The molecule has 1 N–H and O–H groups in total. The Hall–Kier alpha value is -1.82. The van der Waals surface area contributed by atoms with Crippen molar-refractivity contribution in [2.24, 2.45) is 0 Å². The summed E-state index contributed by atoms with van der Waals surface area (Å²) in [5.74, 6) is 1.17. The predicted molar refractivity (Wildman–Crippen MR) is 111 cm³/mol. The van der Waals surface area contributed by atoms with Gasteiger partial charge in [0.2, 0.25) is 0 Å². The number of aromatic amines is 1. The van der Waals surface area contributed by atoms with Crippen LogP contribution in [0.25, 0.3) is 11.3 Å². The maximum atomic E-state index is 12.7. The number of nitrogens with one attached hydrogen (secondary N) is 1. The highest BCUT2D eigenvalue weighted by molar-refractivity contribution is 9.10. The summed E-state index contributed by atoms with van der Waals surface area (Å²) in [6.07, 6.45) is 4.74. The molecule has 146 valence electrons. The van der Waals surface area contributed by atoms with Gasteiger partial charge in [-0.15, -0.1) is 0 Å². The van der Waals surface area contributed by atoms with Crippen LogP contribution in [0.3, 0.4) is 0 Å². The highest BCUT2D eigenvalue weighted by Gasteiger charge is 2.38. The van der Waals surface area contributed by atoms with Crippen LogP contribution >= 0.6 is 15.9 Å². The second kappa shape index (κ2) is 8.05. The van der Waals surface area contributed by atoms with Crippen molar-refractivity contribution >= 4 is 22.0 Å². The number of likely N-dealkylation sites (N-methyl/N-ethyl adjacent to an activating group) is 1. The molecule has 0 bridgehead atoms. The standard InChI is InChI=1S/C21H28BrN3O2/c1-5-25(20(26)27-21(2,3)4)18-8-6-7-16(18)19-23-13-17(24-19)14-9-11-15(22)12-10-14/h9-13,16,18H,5-8H2,1-4H3,(H,23,24)/t16-,18-/m0/s1. The number of aromatic nitrogens is 2.